The fourth-order valence-corrected chi connectivity index (χ4v) is 3.72. The lowest BCUT2D eigenvalue weighted by Crippen LogP contribution is -2.37. The minimum atomic E-state index is -0.515. The SMILES string of the molecule is COc1ccc(OC)c(C2CC(=O)N(c3ccc(F)cc3)C3=C2C(=O)OC3)c1. The Hall–Kier alpha value is -3.35. The van der Waals surface area contributed by atoms with Crippen LogP contribution in [0.4, 0.5) is 10.1 Å². The van der Waals surface area contributed by atoms with E-state index in [0.29, 0.717) is 34.0 Å². The summed E-state index contributed by atoms with van der Waals surface area (Å²) in [6.07, 6.45) is 0.0504. The van der Waals surface area contributed by atoms with E-state index in [9.17, 15) is 14.0 Å². The van der Waals surface area contributed by atoms with E-state index >= 15 is 0 Å². The maximum Gasteiger partial charge on any atom is 0.336 e. The van der Waals surface area contributed by atoms with Gasteiger partial charge in [0.15, 0.2) is 0 Å². The third kappa shape index (κ3) is 2.89. The summed E-state index contributed by atoms with van der Waals surface area (Å²) in [4.78, 5) is 27.0. The van der Waals surface area contributed by atoms with Gasteiger partial charge in [0, 0.05) is 23.6 Å². The first kappa shape index (κ1) is 18.0. The van der Waals surface area contributed by atoms with Crippen LogP contribution in [0.5, 0.6) is 11.5 Å². The van der Waals surface area contributed by atoms with Gasteiger partial charge in [0.1, 0.15) is 23.9 Å². The Morgan fingerprint density at radius 1 is 1.07 bits per heavy atom. The zero-order valence-electron chi connectivity index (χ0n) is 15.4. The zero-order valence-corrected chi connectivity index (χ0v) is 15.4. The summed E-state index contributed by atoms with van der Waals surface area (Å²) in [6.45, 7) is -0.0138. The standard InChI is InChI=1S/C21H18FNO5/c1-26-14-7-8-18(27-2)15(9-14)16-10-19(24)23(13-5-3-12(22)4-6-13)17-11-28-21(25)20(16)17/h3-9,16H,10-11H2,1-2H3. The smallest absolute Gasteiger partial charge is 0.336 e. The number of rotatable bonds is 4. The van der Waals surface area contributed by atoms with Gasteiger partial charge in [0.25, 0.3) is 0 Å². The van der Waals surface area contributed by atoms with E-state index in [4.69, 9.17) is 14.2 Å². The topological polar surface area (TPSA) is 65.1 Å². The van der Waals surface area contributed by atoms with Gasteiger partial charge < -0.3 is 14.2 Å². The van der Waals surface area contributed by atoms with Crippen LogP contribution in [0.2, 0.25) is 0 Å². The van der Waals surface area contributed by atoms with Crippen LogP contribution in [0, 0.1) is 5.82 Å². The molecule has 0 spiro atoms. The van der Waals surface area contributed by atoms with Crippen molar-refractivity contribution in [3.05, 3.63) is 65.1 Å². The Bertz CT molecular complexity index is 983. The van der Waals surface area contributed by atoms with E-state index in [1.54, 1.807) is 25.3 Å². The number of esters is 1. The number of amides is 1. The molecule has 0 bridgehead atoms. The van der Waals surface area contributed by atoms with Crippen LogP contribution in [-0.2, 0) is 14.3 Å². The Morgan fingerprint density at radius 3 is 2.50 bits per heavy atom. The van der Waals surface area contributed by atoms with Crippen LogP contribution >= 0.6 is 0 Å². The highest BCUT2D eigenvalue weighted by Gasteiger charge is 2.43. The number of halogens is 1. The van der Waals surface area contributed by atoms with Crippen molar-refractivity contribution in [2.45, 2.75) is 12.3 Å². The lowest BCUT2D eigenvalue weighted by atomic mass is 9.83. The summed E-state index contributed by atoms with van der Waals surface area (Å²) in [7, 11) is 3.07. The molecule has 4 rings (SSSR count). The molecule has 28 heavy (non-hydrogen) atoms. The van der Waals surface area contributed by atoms with Gasteiger partial charge >= 0.3 is 5.97 Å². The van der Waals surface area contributed by atoms with Crippen molar-refractivity contribution in [2.24, 2.45) is 0 Å². The van der Waals surface area contributed by atoms with Crippen molar-refractivity contribution < 1.29 is 28.2 Å². The molecule has 1 amide bonds. The van der Waals surface area contributed by atoms with Gasteiger partial charge in [-0.1, -0.05) is 0 Å². The predicted octanol–water partition coefficient (Wildman–Crippen LogP) is 3.17. The second-order valence-corrected chi connectivity index (χ2v) is 6.51. The van der Waals surface area contributed by atoms with E-state index in [0.717, 1.165) is 0 Å². The quantitative estimate of drug-likeness (QED) is 0.759. The third-order valence-corrected chi connectivity index (χ3v) is 5.01. The highest BCUT2D eigenvalue weighted by molar-refractivity contribution is 6.06. The van der Waals surface area contributed by atoms with Crippen LogP contribution in [0.3, 0.4) is 0 Å². The number of carbonyl (C=O) groups excluding carboxylic acids is 2. The Morgan fingerprint density at radius 2 is 1.82 bits per heavy atom. The average Bonchev–Trinajstić information content (AvgIpc) is 3.09. The number of methoxy groups -OCH3 is 2. The average molecular weight is 383 g/mol. The summed E-state index contributed by atoms with van der Waals surface area (Å²) in [5.74, 6) is -0.444. The summed E-state index contributed by atoms with van der Waals surface area (Å²) < 4.78 is 29.3. The molecule has 0 saturated carbocycles. The monoisotopic (exact) mass is 383 g/mol. The first-order valence-electron chi connectivity index (χ1n) is 8.74. The molecule has 2 aromatic rings. The molecule has 0 radical (unpaired) electrons. The fourth-order valence-electron chi connectivity index (χ4n) is 3.72. The Labute approximate surface area is 161 Å². The number of nitrogens with zero attached hydrogens (tertiary/aromatic N) is 1. The molecule has 2 aliphatic rings. The largest absolute Gasteiger partial charge is 0.497 e. The lowest BCUT2D eigenvalue weighted by molar-refractivity contribution is -0.136. The van der Waals surface area contributed by atoms with Gasteiger partial charge in [-0.15, -0.1) is 0 Å². The summed E-state index contributed by atoms with van der Waals surface area (Å²) in [5.41, 5.74) is 2.06. The van der Waals surface area contributed by atoms with E-state index in [2.05, 4.69) is 0 Å². The molecule has 0 aliphatic carbocycles. The molecular formula is C21H18FNO5. The molecule has 0 N–H and O–H groups in total. The zero-order chi connectivity index (χ0) is 19.8. The molecule has 0 aromatic heterocycles. The minimum absolute atomic E-state index is 0.0138. The van der Waals surface area contributed by atoms with Crippen molar-refractivity contribution in [2.75, 3.05) is 25.7 Å². The molecule has 2 aliphatic heterocycles. The maximum atomic E-state index is 13.3. The number of hydrogen-bond donors (Lipinski definition) is 0. The van der Waals surface area contributed by atoms with Gasteiger partial charge in [-0.2, -0.15) is 0 Å². The molecular weight excluding hydrogens is 365 g/mol. The molecule has 7 heteroatoms. The first-order chi connectivity index (χ1) is 13.5. The Kier molecular flexibility index (Phi) is 4.50. The van der Waals surface area contributed by atoms with Crippen LogP contribution in [0.15, 0.2) is 53.7 Å². The normalized spacial score (nSPS) is 18.8. The van der Waals surface area contributed by atoms with Gasteiger partial charge in [-0.25, -0.2) is 9.18 Å². The number of carbonyl (C=O) groups is 2. The Balaban J connectivity index is 1.85. The predicted molar refractivity (Wildman–Crippen MR) is 98.8 cm³/mol. The lowest BCUT2D eigenvalue weighted by Gasteiger charge is -2.32. The van der Waals surface area contributed by atoms with Gasteiger partial charge in [-0.05, 0) is 42.5 Å². The summed E-state index contributed by atoms with van der Waals surface area (Å²) in [5, 5.41) is 0. The van der Waals surface area contributed by atoms with Crippen LogP contribution in [0.1, 0.15) is 17.9 Å². The van der Waals surface area contributed by atoms with Crippen molar-refractivity contribution in [1.29, 1.82) is 0 Å². The van der Waals surface area contributed by atoms with E-state index in [1.165, 1.54) is 36.3 Å². The second-order valence-electron chi connectivity index (χ2n) is 6.51. The van der Waals surface area contributed by atoms with Crippen molar-refractivity contribution in [1.82, 2.24) is 0 Å². The summed E-state index contributed by atoms with van der Waals surface area (Å²) in [6, 6.07) is 10.8. The van der Waals surface area contributed by atoms with Gasteiger partial charge in [-0.3, -0.25) is 9.69 Å². The maximum absolute atomic E-state index is 13.3. The van der Waals surface area contributed by atoms with Crippen LogP contribution < -0.4 is 14.4 Å². The molecule has 1 unspecified atom stereocenters. The first-order valence-corrected chi connectivity index (χ1v) is 8.74. The van der Waals surface area contributed by atoms with E-state index < -0.39 is 17.7 Å². The van der Waals surface area contributed by atoms with E-state index in [-0.39, 0.29) is 18.9 Å². The molecule has 0 saturated heterocycles. The highest BCUT2D eigenvalue weighted by Crippen LogP contribution is 2.45. The molecule has 144 valence electrons. The fraction of sp³-hybridized carbons (Fsp3) is 0.238. The summed E-state index contributed by atoms with van der Waals surface area (Å²) >= 11 is 0. The highest BCUT2D eigenvalue weighted by atomic mass is 19.1. The third-order valence-electron chi connectivity index (χ3n) is 5.01. The number of hydrogen-bond acceptors (Lipinski definition) is 5. The van der Waals surface area contributed by atoms with Crippen molar-refractivity contribution >= 4 is 17.6 Å². The second kappa shape index (κ2) is 6.99. The minimum Gasteiger partial charge on any atom is -0.497 e. The molecule has 6 nitrogen and oxygen atoms in total. The number of benzene rings is 2. The number of anilines is 1. The van der Waals surface area contributed by atoms with Gasteiger partial charge in [0.05, 0.1) is 25.5 Å². The van der Waals surface area contributed by atoms with Crippen LogP contribution in [-0.4, -0.2) is 32.7 Å². The van der Waals surface area contributed by atoms with Crippen LogP contribution in [0.25, 0.3) is 0 Å². The molecule has 2 aromatic carbocycles. The number of ether oxygens (including phenoxy) is 3. The number of cyclic esters (lactones) is 1. The van der Waals surface area contributed by atoms with Gasteiger partial charge in [0.2, 0.25) is 5.91 Å². The molecule has 0 fully saturated rings. The van der Waals surface area contributed by atoms with E-state index in [1.807, 2.05) is 0 Å². The van der Waals surface area contributed by atoms with Crippen molar-refractivity contribution in [3.63, 3.8) is 0 Å². The molecule has 2 heterocycles. The van der Waals surface area contributed by atoms with Crippen molar-refractivity contribution in [3.8, 4) is 11.5 Å². The molecule has 1 atom stereocenters.